The van der Waals surface area contributed by atoms with Crippen LogP contribution in [0.5, 0.6) is 5.75 Å². The average molecular weight is 260 g/mol. The molecule has 0 saturated heterocycles. The van der Waals surface area contributed by atoms with Gasteiger partial charge in [-0.25, -0.2) is 0 Å². The highest BCUT2D eigenvalue weighted by molar-refractivity contribution is 6.30. The highest BCUT2D eigenvalue weighted by Gasteiger charge is 2.18. The molecular weight excluding hydrogens is 246 g/mol. The first-order valence-electron chi connectivity index (χ1n) is 5.96. The summed E-state index contributed by atoms with van der Waals surface area (Å²) in [5, 5.41) is 0.757. The maximum absolute atomic E-state index is 5.90. The normalized spacial score (nSPS) is 14.0. The van der Waals surface area contributed by atoms with Gasteiger partial charge in [0.2, 0.25) is 0 Å². The maximum Gasteiger partial charge on any atom is 0.161 e. The Morgan fingerprint density at radius 3 is 2.67 bits per heavy atom. The highest BCUT2D eigenvalue weighted by atomic mass is 35.5. The zero-order valence-corrected chi connectivity index (χ0v) is 10.9. The minimum atomic E-state index is 0.583. The van der Waals surface area contributed by atoms with E-state index in [1.807, 2.05) is 24.3 Å². The molecule has 0 atom stereocenters. The van der Waals surface area contributed by atoms with Gasteiger partial charge in [0.05, 0.1) is 0 Å². The molecule has 0 spiro atoms. The van der Waals surface area contributed by atoms with E-state index in [1.54, 1.807) is 0 Å². The summed E-state index contributed by atoms with van der Waals surface area (Å²) in [7, 11) is 0. The van der Waals surface area contributed by atoms with Crippen molar-refractivity contribution in [2.24, 2.45) is 0 Å². The largest absolute Gasteiger partial charge is 0.472 e. The molecule has 2 aromatic carbocycles. The molecule has 0 saturated carbocycles. The van der Waals surface area contributed by atoms with Crippen molar-refractivity contribution < 1.29 is 4.74 Å². The molecule has 0 bridgehead atoms. The third-order valence-corrected chi connectivity index (χ3v) is 3.46. The van der Waals surface area contributed by atoms with Crippen LogP contribution in [0, 0.1) is 6.92 Å². The fourth-order valence-electron chi connectivity index (χ4n) is 2.26. The van der Waals surface area contributed by atoms with Crippen LogP contribution in [0.4, 0.5) is 5.69 Å². The van der Waals surface area contributed by atoms with Gasteiger partial charge in [-0.3, -0.25) is 0 Å². The Kier molecular flexibility index (Phi) is 2.88. The Labute approximate surface area is 112 Å². The molecule has 3 rings (SSSR count). The van der Waals surface area contributed by atoms with Crippen LogP contribution in [-0.2, 0) is 6.54 Å². The summed E-state index contributed by atoms with van der Waals surface area (Å²) in [6.45, 7) is 3.54. The van der Waals surface area contributed by atoms with E-state index >= 15 is 0 Å². The minimum Gasteiger partial charge on any atom is -0.472 e. The summed E-state index contributed by atoms with van der Waals surface area (Å²) in [5.74, 6) is 1.03. The fraction of sp³-hybridized carbons (Fsp3) is 0.200. The smallest absolute Gasteiger partial charge is 0.161 e. The summed E-state index contributed by atoms with van der Waals surface area (Å²) in [4.78, 5) is 2.19. The fourth-order valence-corrected chi connectivity index (χ4v) is 2.38. The topological polar surface area (TPSA) is 12.5 Å². The predicted molar refractivity (Wildman–Crippen MR) is 74.3 cm³/mol. The van der Waals surface area contributed by atoms with Gasteiger partial charge >= 0.3 is 0 Å². The molecule has 92 valence electrons. The number of nitrogens with zero attached hydrogens (tertiary/aromatic N) is 1. The molecule has 2 aromatic rings. The number of rotatable bonds is 1. The molecule has 1 heterocycles. The Morgan fingerprint density at radius 1 is 1.11 bits per heavy atom. The third kappa shape index (κ3) is 2.04. The van der Waals surface area contributed by atoms with Crippen LogP contribution in [-0.4, -0.2) is 6.73 Å². The van der Waals surface area contributed by atoms with Crippen LogP contribution < -0.4 is 9.64 Å². The van der Waals surface area contributed by atoms with Gasteiger partial charge in [0.15, 0.2) is 6.73 Å². The number of aryl methyl sites for hydroxylation is 1. The maximum atomic E-state index is 5.90. The molecular formula is C15H14ClNO. The summed E-state index contributed by atoms with van der Waals surface area (Å²) in [6, 6.07) is 14.1. The van der Waals surface area contributed by atoms with Gasteiger partial charge in [-0.05, 0) is 36.8 Å². The monoisotopic (exact) mass is 259 g/mol. The number of halogens is 1. The van der Waals surface area contributed by atoms with Crippen LogP contribution in [0.25, 0.3) is 0 Å². The first-order chi connectivity index (χ1) is 8.74. The van der Waals surface area contributed by atoms with E-state index < -0.39 is 0 Å². The van der Waals surface area contributed by atoms with Gasteiger partial charge in [0.1, 0.15) is 5.75 Å². The lowest BCUT2D eigenvalue weighted by Gasteiger charge is -2.31. The average Bonchev–Trinajstić information content (AvgIpc) is 2.39. The molecule has 0 unspecified atom stereocenters. The summed E-state index contributed by atoms with van der Waals surface area (Å²) >= 11 is 5.90. The van der Waals surface area contributed by atoms with E-state index in [0.29, 0.717) is 6.73 Å². The Balaban J connectivity index is 1.89. The van der Waals surface area contributed by atoms with Crippen molar-refractivity contribution in [3.63, 3.8) is 0 Å². The van der Waals surface area contributed by atoms with E-state index in [0.717, 1.165) is 23.0 Å². The van der Waals surface area contributed by atoms with Crippen LogP contribution in [0.15, 0.2) is 42.5 Å². The highest BCUT2D eigenvalue weighted by Crippen LogP contribution is 2.31. The second kappa shape index (κ2) is 4.54. The van der Waals surface area contributed by atoms with Gasteiger partial charge in [-0.1, -0.05) is 29.8 Å². The molecule has 0 amide bonds. The Morgan fingerprint density at radius 2 is 1.89 bits per heavy atom. The Hall–Kier alpha value is -1.67. The van der Waals surface area contributed by atoms with E-state index in [9.17, 15) is 0 Å². The second-order valence-electron chi connectivity index (χ2n) is 4.51. The van der Waals surface area contributed by atoms with Crippen molar-refractivity contribution in [2.75, 3.05) is 11.6 Å². The second-order valence-corrected chi connectivity index (χ2v) is 4.95. The zero-order chi connectivity index (χ0) is 12.5. The van der Waals surface area contributed by atoms with Crippen molar-refractivity contribution in [3.05, 3.63) is 58.6 Å². The van der Waals surface area contributed by atoms with Crippen molar-refractivity contribution in [1.82, 2.24) is 0 Å². The van der Waals surface area contributed by atoms with Gasteiger partial charge in [0.25, 0.3) is 0 Å². The number of anilines is 1. The van der Waals surface area contributed by atoms with Gasteiger partial charge < -0.3 is 9.64 Å². The Bertz CT molecular complexity index is 565. The first-order valence-corrected chi connectivity index (χ1v) is 6.33. The number of fused-ring (bicyclic) bond motifs is 1. The van der Waals surface area contributed by atoms with E-state index in [4.69, 9.17) is 16.3 Å². The summed E-state index contributed by atoms with van der Waals surface area (Å²) in [6.07, 6.45) is 0. The number of hydrogen-bond acceptors (Lipinski definition) is 2. The molecule has 3 heteroatoms. The molecule has 18 heavy (non-hydrogen) atoms. The van der Waals surface area contributed by atoms with E-state index in [-0.39, 0.29) is 0 Å². The van der Waals surface area contributed by atoms with Crippen molar-refractivity contribution in [2.45, 2.75) is 13.5 Å². The first kappa shape index (κ1) is 11.4. The molecule has 0 aliphatic carbocycles. The lowest BCUT2D eigenvalue weighted by Crippen LogP contribution is -2.32. The van der Waals surface area contributed by atoms with E-state index in [1.165, 1.54) is 11.1 Å². The number of hydrogen-bond donors (Lipinski definition) is 0. The minimum absolute atomic E-state index is 0.583. The number of ether oxygens (including phenoxy) is 1. The summed E-state index contributed by atoms with van der Waals surface area (Å²) < 4.78 is 5.84. The molecule has 1 aliphatic heterocycles. The van der Waals surface area contributed by atoms with Crippen LogP contribution in [0.1, 0.15) is 11.1 Å². The molecule has 0 N–H and O–H groups in total. The van der Waals surface area contributed by atoms with E-state index in [2.05, 4.69) is 30.0 Å². The van der Waals surface area contributed by atoms with Crippen molar-refractivity contribution in [1.29, 1.82) is 0 Å². The number of para-hydroxylation sites is 1. The zero-order valence-electron chi connectivity index (χ0n) is 10.2. The SMILES string of the molecule is Cc1cccc2c1OCN(c1ccc(Cl)cc1)C2. The molecule has 0 fully saturated rings. The lowest BCUT2D eigenvalue weighted by atomic mass is 10.1. The van der Waals surface area contributed by atoms with Gasteiger partial charge in [0, 0.05) is 22.8 Å². The predicted octanol–water partition coefficient (Wildman–Crippen LogP) is 4.00. The molecule has 2 nitrogen and oxygen atoms in total. The van der Waals surface area contributed by atoms with Gasteiger partial charge in [-0.2, -0.15) is 0 Å². The molecule has 0 radical (unpaired) electrons. The molecule has 1 aliphatic rings. The quantitative estimate of drug-likeness (QED) is 0.767. The van der Waals surface area contributed by atoms with Crippen LogP contribution >= 0.6 is 11.6 Å². The van der Waals surface area contributed by atoms with Gasteiger partial charge in [-0.15, -0.1) is 0 Å². The van der Waals surface area contributed by atoms with Crippen molar-refractivity contribution in [3.8, 4) is 5.75 Å². The standard InChI is InChI=1S/C15H14ClNO/c1-11-3-2-4-12-9-17(10-18-15(11)12)14-7-5-13(16)6-8-14/h2-8H,9-10H2,1H3. The molecule has 0 aromatic heterocycles. The van der Waals surface area contributed by atoms with Crippen LogP contribution in [0.3, 0.4) is 0 Å². The van der Waals surface area contributed by atoms with Crippen molar-refractivity contribution >= 4 is 17.3 Å². The lowest BCUT2D eigenvalue weighted by molar-refractivity contribution is 0.287. The third-order valence-electron chi connectivity index (χ3n) is 3.21. The van der Waals surface area contributed by atoms with Crippen LogP contribution in [0.2, 0.25) is 5.02 Å². The number of benzene rings is 2. The summed E-state index contributed by atoms with van der Waals surface area (Å²) in [5.41, 5.74) is 3.56.